The summed E-state index contributed by atoms with van der Waals surface area (Å²) in [5.74, 6) is -1.48. The Balaban J connectivity index is 0.000000561. The Morgan fingerprint density at radius 1 is 1.07 bits per heavy atom. The molecule has 1 aromatic carbocycles. The normalized spacial score (nSPS) is 13.1. The number of carbonyl (C=O) groups is 2. The van der Waals surface area contributed by atoms with Crippen molar-refractivity contribution >= 4 is 17.7 Å². The predicted octanol–water partition coefficient (Wildman–Crippen LogP) is 2.83. The second-order valence-electron chi connectivity index (χ2n) is 6.45. The second kappa shape index (κ2) is 16.2. The van der Waals surface area contributed by atoms with Gasteiger partial charge < -0.3 is 29.5 Å². The van der Waals surface area contributed by atoms with Crippen LogP contribution >= 0.6 is 0 Å². The molecule has 2 atom stereocenters. The minimum absolute atomic E-state index is 0.0733. The van der Waals surface area contributed by atoms with Crippen LogP contribution in [-0.4, -0.2) is 60.8 Å². The van der Waals surface area contributed by atoms with Crippen molar-refractivity contribution in [3.63, 3.8) is 0 Å². The van der Waals surface area contributed by atoms with E-state index in [0.29, 0.717) is 5.56 Å². The van der Waals surface area contributed by atoms with Crippen molar-refractivity contribution in [2.24, 2.45) is 5.92 Å². The smallest absolute Gasteiger partial charge is 0.375 e. The SMILES string of the molecule is CCCCC(CC)C(=O)OCC(O)CO.COC(C(=O)O)=C(OC)c1ccccc1. The molecule has 0 aliphatic carbocycles. The average Bonchev–Trinajstić information content (AvgIpc) is 2.76. The van der Waals surface area contributed by atoms with Gasteiger partial charge >= 0.3 is 11.9 Å². The molecule has 0 aliphatic heterocycles. The maximum absolute atomic E-state index is 11.5. The number of aliphatic hydroxyl groups is 2. The van der Waals surface area contributed by atoms with E-state index in [0.717, 1.165) is 25.7 Å². The predicted molar refractivity (Wildman–Crippen MR) is 112 cm³/mol. The number of hydrogen-bond acceptors (Lipinski definition) is 7. The van der Waals surface area contributed by atoms with E-state index in [9.17, 15) is 9.59 Å². The molecule has 0 amide bonds. The number of aliphatic carboxylic acids is 1. The molecule has 0 fully saturated rings. The molecule has 1 rings (SSSR count). The first kappa shape index (κ1) is 27.4. The van der Waals surface area contributed by atoms with Gasteiger partial charge in [-0.2, -0.15) is 0 Å². The Bertz CT molecular complexity index is 642. The van der Waals surface area contributed by atoms with Crippen LogP contribution in [0.1, 0.15) is 45.1 Å². The van der Waals surface area contributed by atoms with Crippen molar-refractivity contribution < 1.29 is 39.1 Å². The van der Waals surface area contributed by atoms with Crippen molar-refractivity contribution in [3.8, 4) is 0 Å². The third-order valence-electron chi connectivity index (χ3n) is 4.21. The summed E-state index contributed by atoms with van der Waals surface area (Å²) in [6, 6.07) is 8.93. The minimum Gasteiger partial charge on any atom is -0.492 e. The fraction of sp³-hybridized carbons (Fsp3) is 0.545. The van der Waals surface area contributed by atoms with Crippen LogP contribution in [0.5, 0.6) is 0 Å². The van der Waals surface area contributed by atoms with Crippen LogP contribution in [0.3, 0.4) is 0 Å². The quantitative estimate of drug-likeness (QED) is 0.265. The Hall–Kier alpha value is -2.58. The first-order valence-electron chi connectivity index (χ1n) is 9.92. The van der Waals surface area contributed by atoms with Crippen molar-refractivity contribution in [1.29, 1.82) is 0 Å². The highest BCUT2D eigenvalue weighted by molar-refractivity contribution is 5.92. The van der Waals surface area contributed by atoms with Gasteiger partial charge in [-0.1, -0.05) is 57.0 Å². The zero-order valence-electron chi connectivity index (χ0n) is 18.2. The standard InChI is InChI=1S/C11H12O4.C11H22O4/c1-14-9(10(15-2)11(12)13)8-6-4-3-5-7-8;1-3-5-6-9(4-2)11(14)15-8-10(13)7-12/h3-7H,1-2H3,(H,12,13);9-10,12-13H,3-8H2,1-2H3. The fourth-order valence-electron chi connectivity index (χ4n) is 2.50. The highest BCUT2D eigenvalue weighted by Gasteiger charge is 2.18. The van der Waals surface area contributed by atoms with Crippen LogP contribution in [0.2, 0.25) is 0 Å². The highest BCUT2D eigenvalue weighted by Crippen LogP contribution is 2.19. The van der Waals surface area contributed by atoms with Crippen LogP contribution < -0.4 is 0 Å². The third-order valence-corrected chi connectivity index (χ3v) is 4.21. The summed E-state index contributed by atoms with van der Waals surface area (Å²) in [4.78, 5) is 22.3. The first-order valence-corrected chi connectivity index (χ1v) is 9.92. The van der Waals surface area contributed by atoms with E-state index in [-0.39, 0.29) is 36.6 Å². The molecule has 3 N–H and O–H groups in total. The maximum atomic E-state index is 11.5. The summed E-state index contributed by atoms with van der Waals surface area (Å²) in [7, 11) is 2.70. The van der Waals surface area contributed by atoms with Crippen LogP contribution in [-0.2, 0) is 23.8 Å². The molecule has 0 saturated carbocycles. The van der Waals surface area contributed by atoms with Gasteiger partial charge in [0.25, 0.3) is 0 Å². The number of unbranched alkanes of at least 4 members (excludes halogenated alkanes) is 1. The number of carboxylic acid groups (broad SMARTS) is 1. The third kappa shape index (κ3) is 10.3. The molecular formula is C22H34O8. The number of esters is 1. The molecule has 0 aromatic heterocycles. The van der Waals surface area contributed by atoms with Gasteiger partial charge in [0.2, 0.25) is 5.76 Å². The topological polar surface area (TPSA) is 123 Å². The fourth-order valence-corrected chi connectivity index (χ4v) is 2.50. The number of aliphatic hydroxyl groups excluding tert-OH is 2. The summed E-state index contributed by atoms with van der Waals surface area (Å²) in [5.41, 5.74) is 0.666. The van der Waals surface area contributed by atoms with Gasteiger partial charge in [-0.05, 0) is 12.8 Å². The van der Waals surface area contributed by atoms with E-state index in [1.165, 1.54) is 14.2 Å². The zero-order chi connectivity index (χ0) is 22.9. The molecule has 0 heterocycles. The first-order chi connectivity index (χ1) is 14.4. The molecule has 30 heavy (non-hydrogen) atoms. The van der Waals surface area contributed by atoms with Gasteiger partial charge in [0.15, 0.2) is 5.76 Å². The number of carboxylic acids is 1. The van der Waals surface area contributed by atoms with Gasteiger partial charge in [-0.3, -0.25) is 4.79 Å². The largest absolute Gasteiger partial charge is 0.492 e. The summed E-state index contributed by atoms with van der Waals surface area (Å²) in [5, 5.41) is 26.4. The molecule has 0 saturated heterocycles. The second-order valence-corrected chi connectivity index (χ2v) is 6.45. The van der Waals surface area contributed by atoms with E-state index in [4.69, 9.17) is 29.5 Å². The van der Waals surface area contributed by atoms with Crippen molar-refractivity contribution in [2.75, 3.05) is 27.4 Å². The molecule has 2 unspecified atom stereocenters. The molecule has 8 nitrogen and oxygen atoms in total. The number of carbonyl (C=O) groups excluding carboxylic acids is 1. The van der Waals surface area contributed by atoms with Crippen molar-refractivity contribution in [1.82, 2.24) is 0 Å². The van der Waals surface area contributed by atoms with E-state index in [1.807, 2.05) is 13.0 Å². The molecule has 0 bridgehead atoms. The number of ether oxygens (including phenoxy) is 3. The molecule has 0 aliphatic rings. The summed E-state index contributed by atoms with van der Waals surface area (Å²) >= 11 is 0. The van der Waals surface area contributed by atoms with Gasteiger partial charge in [0, 0.05) is 5.56 Å². The van der Waals surface area contributed by atoms with E-state index < -0.39 is 12.1 Å². The summed E-state index contributed by atoms with van der Waals surface area (Å²) < 4.78 is 14.7. The van der Waals surface area contributed by atoms with Crippen LogP contribution in [0.4, 0.5) is 0 Å². The van der Waals surface area contributed by atoms with Gasteiger partial charge in [-0.15, -0.1) is 0 Å². The van der Waals surface area contributed by atoms with Gasteiger partial charge in [-0.25, -0.2) is 4.79 Å². The van der Waals surface area contributed by atoms with Crippen LogP contribution in [0.15, 0.2) is 36.1 Å². The summed E-state index contributed by atoms with van der Waals surface area (Å²) in [6.07, 6.45) is 2.70. The number of benzene rings is 1. The van der Waals surface area contributed by atoms with Crippen molar-refractivity contribution in [3.05, 3.63) is 41.7 Å². The van der Waals surface area contributed by atoms with E-state index in [2.05, 4.69) is 6.92 Å². The van der Waals surface area contributed by atoms with Crippen molar-refractivity contribution in [2.45, 2.75) is 45.6 Å². The highest BCUT2D eigenvalue weighted by atomic mass is 16.5. The molecule has 8 heteroatoms. The maximum Gasteiger partial charge on any atom is 0.375 e. The molecule has 0 radical (unpaired) electrons. The van der Waals surface area contributed by atoms with Crippen LogP contribution in [0, 0.1) is 5.92 Å². The lowest BCUT2D eigenvalue weighted by Crippen LogP contribution is -2.25. The minimum atomic E-state index is -1.15. The lowest BCUT2D eigenvalue weighted by molar-refractivity contribution is -0.152. The monoisotopic (exact) mass is 426 g/mol. The average molecular weight is 427 g/mol. The van der Waals surface area contributed by atoms with E-state index in [1.54, 1.807) is 24.3 Å². The zero-order valence-corrected chi connectivity index (χ0v) is 18.2. The number of rotatable bonds is 12. The molecule has 1 aromatic rings. The Morgan fingerprint density at radius 3 is 2.13 bits per heavy atom. The Morgan fingerprint density at radius 2 is 1.70 bits per heavy atom. The molecule has 170 valence electrons. The Labute approximate surface area is 178 Å². The molecule has 0 spiro atoms. The van der Waals surface area contributed by atoms with Crippen LogP contribution in [0.25, 0.3) is 5.76 Å². The van der Waals surface area contributed by atoms with E-state index >= 15 is 0 Å². The van der Waals surface area contributed by atoms with Gasteiger partial charge in [0.05, 0.1) is 26.7 Å². The molecular weight excluding hydrogens is 392 g/mol. The lowest BCUT2D eigenvalue weighted by Gasteiger charge is -2.15. The number of hydrogen-bond donors (Lipinski definition) is 3. The van der Waals surface area contributed by atoms with Gasteiger partial charge in [0.1, 0.15) is 12.7 Å². The summed E-state index contributed by atoms with van der Waals surface area (Å²) in [6.45, 7) is 3.54. The number of methoxy groups -OCH3 is 2. The lowest BCUT2D eigenvalue weighted by atomic mass is 10.00. The Kier molecular flexibility index (Phi) is 14.8.